The molecule has 1 heterocycles. The van der Waals surface area contributed by atoms with Gasteiger partial charge < -0.3 is 9.26 Å². The molecule has 0 aliphatic carbocycles. The summed E-state index contributed by atoms with van der Waals surface area (Å²) in [7, 11) is 0. The van der Waals surface area contributed by atoms with E-state index in [-0.39, 0.29) is 0 Å². The highest BCUT2D eigenvalue weighted by atomic mass is 16.5. The number of aldehydes is 1. The molecule has 3 aromatic rings. The molecular weight excluding hydrogens is 302 g/mol. The Bertz CT molecular complexity index is 789. The van der Waals surface area contributed by atoms with Gasteiger partial charge in [-0.3, -0.25) is 4.79 Å². The Kier molecular flexibility index (Phi) is 5.06. The maximum absolute atomic E-state index is 10.7. The van der Waals surface area contributed by atoms with Gasteiger partial charge in [0.15, 0.2) is 5.76 Å². The molecule has 0 fully saturated rings. The third-order valence-electron chi connectivity index (χ3n) is 3.76. The fourth-order valence-corrected chi connectivity index (χ4v) is 2.33. The Morgan fingerprint density at radius 2 is 1.75 bits per heavy atom. The minimum absolute atomic E-state index is 0.640. The van der Waals surface area contributed by atoms with Gasteiger partial charge in [-0.25, -0.2) is 0 Å². The van der Waals surface area contributed by atoms with E-state index in [0.29, 0.717) is 11.3 Å². The molecule has 2 aromatic carbocycles. The maximum atomic E-state index is 10.7. The summed E-state index contributed by atoms with van der Waals surface area (Å²) < 4.78 is 11.1. The van der Waals surface area contributed by atoms with Crippen LogP contribution in [-0.2, 0) is 0 Å². The second-order valence-electron chi connectivity index (χ2n) is 5.54. The van der Waals surface area contributed by atoms with Crippen LogP contribution in [0.25, 0.3) is 22.6 Å². The van der Waals surface area contributed by atoms with Crippen molar-refractivity contribution in [1.29, 1.82) is 0 Å². The minimum atomic E-state index is 0.640. The first-order chi connectivity index (χ1) is 11.8. The molecule has 24 heavy (non-hydrogen) atoms. The molecule has 0 spiro atoms. The van der Waals surface area contributed by atoms with Crippen molar-refractivity contribution in [2.24, 2.45) is 0 Å². The van der Waals surface area contributed by atoms with E-state index in [2.05, 4.69) is 12.1 Å². The zero-order chi connectivity index (χ0) is 16.8. The van der Waals surface area contributed by atoms with Crippen LogP contribution in [0.2, 0.25) is 0 Å². The van der Waals surface area contributed by atoms with Gasteiger partial charge >= 0.3 is 0 Å². The Balaban J connectivity index is 1.73. The van der Waals surface area contributed by atoms with Crippen molar-refractivity contribution in [1.82, 2.24) is 5.16 Å². The van der Waals surface area contributed by atoms with Crippen molar-refractivity contribution >= 4 is 6.29 Å². The van der Waals surface area contributed by atoms with Crippen molar-refractivity contribution in [3.63, 3.8) is 0 Å². The van der Waals surface area contributed by atoms with Gasteiger partial charge in [0.05, 0.1) is 6.61 Å². The number of benzene rings is 2. The first kappa shape index (κ1) is 16.0. The van der Waals surface area contributed by atoms with Crippen molar-refractivity contribution in [3.05, 3.63) is 60.2 Å². The number of unbranched alkanes of at least 4 members (excludes halogenated alkanes) is 1. The van der Waals surface area contributed by atoms with Gasteiger partial charge in [0, 0.05) is 22.8 Å². The molecule has 3 rings (SSSR count). The fraction of sp³-hybridized carbons (Fsp3) is 0.200. The summed E-state index contributed by atoms with van der Waals surface area (Å²) in [5.41, 5.74) is 3.24. The summed E-state index contributed by atoms with van der Waals surface area (Å²) in [5, 5.41) is 4.11. The van der Waals surface area contributed by atoms with E-state index in [4.69, 9.17) is 9.26 Å². The van der Waals surface area contributed by atoms with Crippen molar-refractivity contribution in [3.8, 4) is 28.3 Å². The number of carbonyl (C=O) groups excluding carboxylic acids is 1. The van der Waals surface area contributed by atoms with Gasteiger partial charge in [-0.15, -0.1) is 0 Å². The van der Waals surface area contributed by atoms with Crippen LogP contribution in [0.1, 0.15) is 30.1 Å². The van der Waals surface area contributed by atoms with Gasteiger partial charge in [0.1, 0.15) is 17.7 Å². The smallest absolute Gasteiger partial charge is 0.167 e. The van der Waals surface area contributed by atoms with Gasteiger partial charge in [0.2, 0.25) is 0 Å². The Morgan fingerprint density at radius 1 is 1.04 bits per heavy atom. The van der Waals surface area contributed by atoms with Gasteiger partial charge in [0.25, 0.3) is 0 Å². The number of hydrogen-bond donors (Lipinski definition) is 0. The highest BCUT2D eigenvalue weighted by Gasteiger charge is 2.09. The van der Waals surface area contributed by atoms with Crippen LogP contribution in [0.15, 0.2) is 59.1 Å². The minimum Gasteiger partial charge on any atom is -0.494 e. The third kappa shape index (κ3) is 3.71. The molecule has 0 saturated carbocycles. The quantitative estimate of drug-likeness (QED) is 0.454. The van der Waals surface area contributed by atoms with Crippen LogP contribution in [0.3, 0.4) is 0 Å². The molecule has 0 radical (unpaired) electrons. The highest BCUT2D eigenvalue weighted by molar-refractivity contribution is 5.76. The predicted octanol–water partition coefficient (Wildman–Crippen LogP) is 5.00. The number of carbonyl (C=O) groups is 1. The largest absolute Gasteiger partial charge is 0.494 e. The normalized spacial score (nSPS) is 10.5. The van der Waals surface area contributed by atoms with Crippen molar-refractivity contribution in [2.45, 2.75) is 19.8 Å². The van der Waals surface area contributed by atoms with Crippen LogP contribution in [0, 0.1) is 0 Å². The molecule has 0 bridgehead atoms. The third-order valence-corrected chi connectivity index (χ3v) is 3.76. The molecule has 122 valence electrons. The highest BCUT2D eigenvalue weighted by Crippen LogP contribution is 2.27. The van der Waals surface area contributed by atoms with Gasteiger partial charge in [-0.1, -0.05) is 42.8 Å². The molecule has 0 unspecified atom stereocenters. The predicted molar refractivity (Wildman–Crippen MR) is 93.2 cm³/mol. The number of rotatable bonds is 7. The molecule has 0 N–H and O–H groups in total. The summed E-state index contributed by atoms with van der Waals surface area (Å²) in [4.78, 5) is 10.7. The molecule has 0 aliphatic heterocycles. The number of aromatic nitrogens is 1. The number of ether oxygens (including phenoxy) is 1. The Labute approximate surface area is 141 Å². The van der Waals surface area contributed by atoms with Gasteiger partial charge in [-0.05, 0) is 30.7 Å². The van der Waals surface area contributed by atoms with Crippen LogP contribution in [0.4, 0.5) is 0 Å². The molecule has 0 amide bonds. The van der Waals surface area contributed by atoms with E-state index in [1.165, 1.54) is 0 Å². The summed E-state index contributed by atoms with van der Waals surface area (Å²) in [6.07, 6.45) is 2.99. The average Bonchev–Trinajstić information content (AvgIpc) is 3.13. The number of hydrogen-bond acceptors (Lipinski definition) is 4. The standard InChI is InChI=1S/C20H19NO3/c1-2-3-12-23-18-10-8-17(9-11-18)20-13-19(21-24-20)16-6-4-15(14-22)5-7-16/h4-11,13-14H,2-3,12H2,1H3. The molecule has 1 aromatic heterocycles. The monoisotopic (exact) mass is 321 g/mol. The zero-order valence-corrected chi connectivity index (χ0v) is 13.6. The number of nitrogens with zero attached hydrogens (tertiary/aromatic N) is 1. The molecular formula is C20H19NO3. The van der Waals surface area contributed by atoms with E-state index in [1.807, 2.05) is 42.5 Å². The van der Waals surface area contributed by atoms with Crippen molar-refractivity contribution in [2.75, 3.05) is 6.61 Å². The van der Waals surface area contributed by atoms with Crippen molar-refractivity contribution < 1.29 is 14.1 Å². The second-order valence-corrected chi connectivity index (χ2v) is 5.54. The lowest BCUT2D eigenvalue weighted by Crippen LogP contribution is -1.95. The fourth-order valence-electron chi connectivity index (χ4n) is 2.33. The molecule has 4 nitrogen and oxygen atoms in total. The molecule has 0 aliphatic rings. The molecule has 4 heteroatoms. The molecule has 0 atom stereocenters. The van der Waals surface area contributed by atoms with E-state index in [9.17, 15) is 4.79 Å². The summed E-state index contributed by atoms with van der Waals surface area (Å²) in [5.74, 6) is 1.56. The van der Waals surface area contributed by atoms with Crippen LogP contribution >= 0.6 is 0 Å². The van der Waals surface area contributed by atoms with E-state index < -0.39 is 0 Å². The van der Waals surface area contributed by atoms with Gasteiger partial charge in [-0.2, -0.15) is 0 Å². The average molecular weight is 321 g/mol. The summed E-state index contributed by atoms with van der Waals surface area (Å²) in [6.45, 7) is 2.87. The second kappa shape index (κ2) is 7.59. The first-order valence-corrected chi connectivity index (χ1v) is 8.05. The van der Waals surface area contributed by atoms with E-state index in [1.54, 1.807) is 12.1 Å². The summed E-state index contributed by atoms with van der Waals surface area (Å²) >= 11 is 0. The van der Waals surface area contributed by atoms with E-state index >= 15 is 0 Å². The van der Waals surface area contributed by atoms with Crippen LogP contribution in [-0.4, -0.2) is 18.0 Å². The lowest BCUT2D eigenvalue weighted by molar-refractivity contribution is 0.112. The van der Waals surface area contributed by atoms with E-state index in [0.717, 1.165) is 48.3 Å². The lowest BCUT2D eigenvalue weighted by atomic mass is 10.1. The Morgan fingerprint density at radius 3 is 2.42 bits per heavy atom. The maximum Gasteiger partial charge on any atom is 0.167 e. The SMILES string of the molecule is CCCCOc1ccc(-c2cc(-c3ccc(C=O)cc3)no2)cc1. The zero-order valence-electron chi connectivity index (χ0n) is 13.6. The van der Waals surface area contributed by atoms with Crippen LogP contribution in [0.5, 0.6) is 5.75 Å². The lowest BCUT2D eigenvalue weighted by Gasteiger charge is -2.05. The van der Waals surface area contributed by atoms with Crippen LogP contribution < -0.4 is 4.74 Å². The Hall–Kier alpha value is -2.88. The molecule has 0 saturated heterocycles. The topological polar surface area (TPSA) is 52.3 Å². The first-order valence-electron chi connectivity index (χ1n) is 8.05. The summed E-state index contributed by atoms with van der Waals surface area (Å²) in [6, 6.07) is 16.9.